The Morgan fingerprint density at radius 2 is 0.976 bits per heavy atom. The largest absolute Gasteiger partial charge is 0.463 e. The van der Waals surface area contributed by atoms with Crippen LogP contribution in [0, 0.1) is 0 Å². The molecule has 0 aromatic rings. The molecule has 0 amide bonds. The zero-order chi connectivity index (χ0) is 32.5. The maximum absolute atomic E-state index is 11.3. The van der Waals surface area contributed by atoms with Crippen LogP contribution in [0.3, 0.4) is 0 Å². The molecule has 0 rings (SSSR count). The number of rotatable bonds is 20. The molecule has 0 aliphatic rings. The third-order valence-corrected chi connectivity index (χ3v) is 13.2. The van der Waals surface area contributed by atoms with Gasteiger partial charge in [-0.1, -0.05) is 25.2 Å². The van der Waals surface area contributed by atoms with Gasteiger partial charge < -0.3 is 27.2 Å². The summed E-state index contributed by atoms with van der Waals surface area (Å²) in [6, 6.07) is 2.12. The molecule has 0 bridgehead atoms. The summed E-state index contributed by atoms with van der Waals surface area (Å²) in [4.78, 5) is 22.2. The van der Waals surface area contributed by atoms with Crippen molar-refractivity contribution in [3.8, 4) is 0 Å². The van der Waals surface area contributed by atoms with Crippen LogP contribution in [0.1, 0.15) is 19.8 Å². The Bertz CT molecular complexity index is 751. The highest BCUT2D eigenvalue weighted by molar-refractivity contribution is 6.72. The van der Waals surface area contributed by atoms with E-state index in [2.05, 4.69) is 91.7 Å². The Balaban J connectivity index is 0. The molecule has 0 aromatic heterocycles. The first kappa shape index (κ1) is 42.7. The number of hydrogen-bond donors (Lipinski definition) is 0. The number of carbonyl (C=O) groups excluding carboxylic acids is 2. The van der Waals surface area contributed by atoms with E-state index in [1.165, 1.54) is 6.08 Å². The first-order valence-electron chi connectivity index (χ1n) is 14.8. The standard InChI is InChI=1S/C14H32O4Si3.C13H30O4Si3/c1-12(2)13(15)16-10-9-11-19-14(17-20(3,4)5)18-21(6,7)8;1-8-12(14)15-10-9-11-18-13(16-19(2,3)4)17-20(5,6)7/h14H,1,9-11,19H2,2-8H3;8,13H,1,9-11,18H2,2-7H3. The number of carbonyl (C=O) groups is 2. The van der Waals surface area contributed by atoms with Gasteiger partial charge in [0.15, 0.2) is 33.3 Å². The van der Waals surface area contributed by atoms with Crippen LogP contribution in [0.5, 0.6) is 0 Å². The molecule has 0 aliphatic heterocycles. The predicted octanol–water partition coefficient (Wildman–Crippen LogP) is 5.75. The fourth-order valence-corrected chi connectivity index (χ4v) is 16.3. The number of hydrogen-bond acceptors (Lipinski definition) is 8. The second-order valence-electron chi connectivity index (χ2n) is 14.1. The van der Waals surface area contributed by atoms with Crippen molar-refractivity contribution < 1.29 is 36.8 Å². The Hall–Kier alpha value is -0.439. The number of ether oxygens (including phenoxy) is 2. The lowest BCUT2D eigenvalue weighted by molar-refractivity contribution is -0.139. The lowest BCUT2D eigenvalue weighted by Crippen LogP contribution is -2.43. The third-order valence-electron chi connectivity index (χ3n) is 4.60. The van der Waals surface area contributed by atoms with Gasteiger partial charge in [0.2, 0.25) is 0 Å². The van der Waals surface area contributed by atoms with Crippen LogP contribution in [0.2, 0.25) is 90.7 Å². The molecule has 8 nitrogen and oxygen atoms in total. The first-order valence-corrected chi connectivity index (χ1v) is 32.0. The fraction of sp³-hybridized carbons (Fsp3) is 0.778. The second kappa shape index (κ2) is 20.5. The molecular weight excluding hydrogens is 621 g/mol. The summed E-state index contributed by atoms with van der Waals surface area (Å²) < 4.78 is 34.7. The van der Waals surface area contributed by atoms with Crippen LogP contribution in [0.4, 0.5) is 0 Å². The van der Waals surface area contributed by atoms with E-state index < -0.39 is 52.3 Å². The van der Waals surface area contributed by atoms with Crippen molar-refractivity contribution in [2.75, 3.05) is 13.2 Å². The lowest BCUT2D eigenvalue weighted by atomic mass is 10.4. The molecule has 0 aromatic carbocycles. The van der Waals surface area contributed by atoms with Crippen LogP contribution >= 0.6 is 0 Å². The molecule has 41 heavy (non-hydrogen) atoms. The van der Waals surface area contributed by atoms with Gasteiger partial charge in [-0.05, 0) is 98.3 Å². The van der Waals surface area contributed by atoms with Gasteiger partial charge in [-0.15, -0.1) is 0 Å². The maximum Gasteiger partial charge on any atom is 0.333 e. The molecule has 0 atom stereocenters. The van der Waals surface area contributed by atoms with E-state index in [4.69, 9.17) is 27.2 Å². The van der Waals surface area contributed by atoms with Crippen molar-refractivity contribution in [3.05, 3.63) is 24.8 Å². The Kier molecular flexibility index (Phi) is 21.4. The molecule has 0 saturated carbocycles. The second-order valence-corrected chi connectivity index (χ2v) is 35.8. The van der Waals surface area contributed by atoms with E-state index in [0.717, 1.165) is 24.9 Å². The van der Waals surface area contributed by atoms with Gasteiger partial charge in [0.25, 0.3) is 0 Å². The van der Waals surface area contributed by atoms with Crippen molar-refractivity contribution in [1.29, 1.82) is 0 Å². The van der Waals surface area contributed by atoms with Gasteiger partial charge in [0.1, 0.15) is 11.8 Å². The van der Waals surface area contributed by atoms with E-state index in [9.17, 15) is 9.59 Å². The van der Waals surface area contributed by atoms with Gasteiger partial charge in [0, 0.05) is 11.6 Å². The Morgan fingerprint density at radius 1 is 0.659 bits per heavy atom. The molecule has 14 heteroatoms. The average Bonchev–Trinajstić information content (AvgIpc) is 2.74. The third kappa shape index (κ3) is 32.3. The Labute approximate surface area is 260 Å². The molecule has 0 spiro atoms. The van der Waals surface area contributed by atoms with E-state index in [1.54, 1.807) is 6.92 Å². The van der Waals surface area contributed by atoms with E-state index in [-0.39, 0.29) is 23.8 Å². The molecular formula is C27H62O8Si6. The lowest BCUT2D eigenvalue weighted by Gasteiger charge is -2.31. The smallest absolute Gasteiger partial charge is 0.333 e. The van der Waals surface area contributed by atoms with Crippen molar-refractivity contribution >= 4 is 64.2 Å². The minimum absolute atomic E-state index is 0.0141. The molecule has 0 saturated heterocycles. The molecule has 0 aliphatic carbocycles. The summed E-state index contributed by atoms with van der Waals surface area (Å²) in [5.74, 6) is -0.617. The monoisotopic (exact) mass is 682 g/mol. The molecule has 0 unspecified atom stereocenters. The van der Waals surface area contributed by atoms with Crippen LogP contribution in [0.25, 0.3) is 0 Å². The molecule has 0 radical (unpaired) electrons. The van der Waals surface area contributed by atoms with Crippen molar-refractivity contribution in [1.82, 2.24) is 0 Å². The van der Waals surface area contributed by atoms with Crippen LogP contribution in [-0.2, 0) is 36.8 Å². The summed E-state index contributed by atoms with van der Waals surface area (Å²) in [6.07, 6.45) is 2.96. The SMILES string of the molecule is C=C(C)C(=O)OCCC[SiH2]C(O[Si](C)(C)C)O[Si](C)(C)C.C=CC(=O)OCCC[SiH2]C(O[Si](C)(C)C)O[Si](C)(C)C. The topological polar surface area (TPSA) is 89.5 Å². The summed E-state index contributed by atoms with van der Waals surface area (Å²) in [6.45, 7) is 35.8. The number of esters is 2. The summed E-state index contributed by atoms with van der Waals surface area (Å²) in [7, 11) is -7.30. The van der Waals surface area contributed by atoms with Gasteiger partial charge in [-0.3, -0.25) is 0 Å². The highest BCUT2D eigenvalue weighted by Gasteiger charge is 2.27. The van der Waals surface area contributed by atoms with Gasteiger partial charge in [-0.25, -0.2) is 9.59 Å². The molecule has 242 valence electrons. The zero-order valence-corrected chi connectivity index (χ0v) is 35.4. The maximum atomic E-state index is 11.3. The minimum atomic E-state index is -1.59. The molecule has 0 heterocycles. The molecule has 0 fully saturated rings. The minimum Gasteiger partial charge on any atom is -0.463 e. The van der Waals surface area contributed by atoms with E-state index in [1.807, 2.05) is 0 Å². The average molecular weight is 683 g/mol. The van der Waals surface area contributed by atoms with Crippen LogP contribution in [0.15, 0.2) is 24.8 Å². The fourth-order valence-electron chi connectivity index (χ4n) is 3.21. The predicted molar refractivity (Wildman–Crippen MR) is 188 cm³/mol. The summed E-state index contributed by atoms with van der Waals surface area (Å²) in [5, 5.41) is 0. The highest BCUT2D eigenvalue weighted by Crippen LogP contribution is 2.16. The van der Waals surface area contributed by atoms with E-state index in [0.29, 0.717) is 18.8 Å². The quantitative estimate of drug-likeness (QED) is 0.0528. The van der Waals surface area contributed by atoms with Crippen LogP contribution < -0.4 is 0 Å². The zero-order valence-electron chi connectivity index (χ0n) is 28.6. The van der Waals surface area contributed by atoms with Gasteiger partial charge in [0.05, 0.1) is 32.3 Å². The highest BCUT2D eigenvalue weighted by atomic mass is 28.4. The van der Waals surface area contributed by atoms with Crippen molar-refractivity contribution in [2.24, 2.45) is 0 Å². The van der Waals surface area contributed by atoms with Gasteiger partial charge in [-0.2, -0.15) is 0 Å². The van der Waals surface area contributed by atoms with Crippen molar-refractivity contribution in [3.63, 3.8) is 0 Å². The van der Waals surface area contributed by atoms with Crippen LogP contribution in [-0.4, -0.2) is 89.3 Å². The van der Waals surface area contributed by atoms with E-state index >= 15 is 0 Å². The summed E-state index contributed by atoms with van der Waals surface area (Å²) in [5.41, 5.74) is 0.453. The van der Waals surface area contributed by atoms with Crippen molar-refractivity contribution in [2.45, 2.75) is 122 Å². The molecule has 0 N–H and O–H groups in total. The normalized spacial score (nSPS) is 13.1. The summed E-state index contributed by atoms with van der Waals surface area (Å²) >= 11 is 0. The Morgan fingerprint density at radius 3 is 1.24 bits per heavy atom. The van der Waals surface area contributed by atoms with Gasteiger partial charge >= 0.3 is 11.9 Å². The first-order chi connectivity index (χ1) is 18.4.